The maximum Gasteiger partial charge on any atom is 0.260 e. The molecular formula is C42H39N5O5. The molecule has 4 aliphatic heterocycles. The number of carbonyl (C=O) groups excluding carboxylic acids is 2. The molecule has 2 amide bonds. The van der Waals surface area contributed by atoms with Crippen LogP contribution in [0.1, 0.15) is 62.2 Å². The van der Waals surface area contributed by atoms with Crippen LogP contribution in [0.5, 0.6) is 17.2 Å². The Kier molecular flexibility index (Phi) is 8.58. The van der Waals surface area contributed by atoms with Crippen LogP contribution in [0.15, 0.2) is 95.2 Å². The van der Waals surface area contributed by atoms with E-state index in [-0.39, 0.29) is 23.9 Å². The van der Waals surface area contributed by atoms with Gasteiger partial charge in [0.1, 0.15) is 5.75 Å². The van der Waals surface area contributed by atoms with E-state index in [0.717, 1.165) is 34.3 Å². The lowest BCUT2D eigenvalue weighted by molar-refractivity contribution is 0.0809. The molecule has 0 fully saturated rings. The van der Waals surface area contributed by atoms with Crippen molar-refractivity contribution in [2.24, 2.45) is 9.98 Å². The van der Waals surface area contributed by atoms with Crippen molar-refractivity contribution in [3.8, 4) is 17.2 Å². The number of fused-ring (bicyclic) bond motifs is 4. The number of aliphatic imine (C=N–C) groups is 2. The van der Waals surface area contributed by atoms with Gasteiger partial charge in [-0.25, -0.2) is 0 Å². The van der Waals surface area contributed by atoms with E-state index >= 15 is 0 Å². The van der Waals surface area contributed by atoms with Crippen molar-refractivity contribution < 1.29 is 23.8 Å². The summed E-state index contributed by atoms with van der Waals surface area (Å²) in [7, 11) is 1.55. The lowest BCUT2D eigenvalue weighted by Crippen LogP contribution is -2.32. The zero-order valence-corrected chi connectivity index (χ0v) is 29.3. The van der Waals surface area contributed by atoms with Crippen molar-refractivity contribution in [1.82, 2.24) is 9.80 Å². The van der Waals surface area contributed by atoms with Crippen LogP contribution in [-0.4, -0.2) is 66.5 Å². The van der Waals surface area contributed by atoms with Gasteiger partial charge in [0.15, 0.2) is 11.5 Å². The second-order valence-corrected chi connectivity index (χ2v) is 13.5. The minimum Gasteiger partial charge on any atom is -0.493 e. The van der Waals surface area contributed by atoms with Gasteiger partial charge >= 0.3 is 0 Å². The van der Waals surface area contributed by atoms with Crippen LogP contribution in [0, 0.1) is 13.8 Å². The molecule has 262 valence electrons. The van der Waals surface area contributed by atoms with Crippen molar-refractivity contribution in [2.45, 2.75) is 45.2 Å². The number of nitrogens with two attached hydrogens (primary N) is 1. The van der Waals surface area contributed by atoms with E-state index in [1.807, 2.05) is 68.2 Å². The molecule has 0 bridgehead atoms. The Morgan fingerprint density at radius 1 is 0.692 bits per heavy atom. The molecule has 0 radical (unpaired) electrons. The molecule has 2 N–H and O–H groups in total. The van der Waals surface area contributed by atoms with Crippen LogP contribution in [0.25, 0.3) is 11.1 Å². The van der Waals surface area contributed by atoms with E-state index in [9.17, 15) is 9.59 Å². The predicted octanol–water partition coefficient (Wildman–Crippen LogP) is 7.69. The highest BCUT2D eigenvalue weighted by Crippen LogP contribution is 2.41. The molecular weight excluding hydrogens is 654 g/mol. The highest BCUT2D eigenvalue weighted by atomic mass is 16.5. The number of carbonyl (C=O) groups is 2. The molecule has 4 aromatic rings. The first-order valence-electron chi connectivity index (χ1n) is 17.5. The van der Waals surface area contributed by atoms with Gasteiger partial charge in [-0.05, 0) is 65.9 Å². The molecule has 10 heteroatoms. The minimum absolute atomic E-state index is 0.0665. The zero-order valence-electron chi connectivity index (χ0n) is 29.3. The average Bonchev–Trinajstić information content (AvgIpc) is 3.73. The third-order valence-corrected chi connectivity index (χ3v) is 9.95. The number of ether oxygens (including phenoxy) is 3. The lowest BCUT2D eigenvalue weighted by atomic mass is 10.0. The highest BCUT2D eigenvalue weighted by molar-refractivity contribution is 6.06. The van der Waals surface area contributed by atoms with Crippen LogP contribution in [-0.2, 0) is 0 Å². The van der Waals surface area contributed by atoms with Crippen LogP contribution in [0.3, 0.4) is 0 Å². The topological polar surface area (TPSA) is 119 Å². The van der Waals surface area contributed by atoms with Gasteiger partial charge in [0.25, 0.3) is 11.8 Å². The Labute approximate surface area is 302 Å². The molecule has 0 aliphatic carbocycles. The number of hydrogen-bond donors (Lipinski definition) is 1. The van der Waals surface area contributed by atoms with Gasteiger partial charge < -0.3 is 29.7 Å². The van der Waals surface area contributed by atoms with Crippen molar-refractivity contribution in [3.63, 3.8) is 0 Å². The standard InChI is InChI=1S/C42H39N5O5/c1-25-5-7-27(8-6-25)29-16-32-21-44-36-19-38(26(2)15-34(36)41(48)46(32)23-29)51-13-4-14-52-40-20-37-35(18-39(40)50-3)42(49)47-24-30(17-33(47)22-45-37)28-9-11-31(43)12-10-28/h5-12,15,18-24,32-33H,4,13-14,16-17,43H2,1-3H3/t32-,33-/m0/s1. The molecule has 2 atom stereocenters. The van der Waals surface area contributed by atoms with Gasteiger partial charge in [0.05, 0.1) is 54.9 Å². The molecule has 0 aromatic heterocycles. The summed E-state index contributed by atoms with van der Waals surface area (Å²) in [6, 6.07) is 22.9. The van der Waals surface area contributed by atoms with Crippen molar-refractivity contribution in [2.75, 3.05) is 26.1 Å². The summed E-state index contributed by atoms with van der Waals surface area (Å²) < 4.78 is 17.9. The van der Waals surface area contributed by atoms with Crippen LogP contribution >= 0.6 is 0 Å². The molecule has 0 unspecified atom stereocenters. The van der Waals surface area contributed by atoms with Gasteiger partial charge in [-0.15, -0.1) is 0 Å². The number of aryl methyl sites for hydroxylation is 2. The quantitative estimate of drug-likeness (QED) is 0.142. The zero-order chi connectivity index (χ0) is 35.9. The summed E-state index contributed by atoms with van der Waals surface area (Å²) in [5.41, 5.74) is 15.1. The summed E-state index contributed by atoms with van der Waals surface area (Å²) >= 11 is 0. The average molecular weight is 694 g/mol. The fourth-order valence-electron chi connectivity index (χ4n) is 7.04. The Hall–Kier alpha value is -6.16. The summed E-state index contributed by atoms with van der Waals surface area (Å²) in [6.07, 6.45) is 9.49. The van der Waals surface area contributed by atoms with E-state index in [1.54, 1.807) is 29.0 Å². The second kappa shape index (κ2) is 13.5. The Balaban J connectivity index is 0.900. The van der Waals surface area contributed by atoms with Gasteiger partial charge in [-0.2, -0.15) is 0 Å². The monoisotopic (exact) mass is 693 g/mol. The summed E-state index contributed by atoms with van der Waals surface area (Å²) in [4.78, 5) is 40.3. The molecule has 0 spiro atoms. The Bertz CT molecular complexity index is 2200. The van der Waals surface area contributed by atoms with Gasteiger partial charge in [-0.1, -0.05) is 42.0 Å². The number of nitrogens with zero attached hydrogens (tertiary/aromatic N) is 4. The first-order chi connectivity index (χ1) is 25.2. The van der Waals surface area contributed by atoms with E-state index < -0.39 is 0 Å². The largest absolute Gasteiger partial charge is 0.493 e. The second-order valence-electron chi connectivity index (χ2n) is 13.5. The van der Waals surface area contributed by atoms with Crippen LogP contribution < -0.4 is 19.9 Å². The maximum atomic E-state index is 13.7. The van der Waals surface area contributed by atoms with Gasteiger partial charge in [-0.3, -0.25) is 19.6 Å². The number of amides is 2. The Morgan fingerprint density at radius 3 is 1.79 bits per heavy atom. The lowest BCUT2D eigenvalue weighted by Gasteiger charge is -2.19. The molecule has 8 rings (SSSR count). The number of hydrogen-bond acceptors (Lipinski definition) is 8. The third-order valence-electron chi connectivity index (χ3n) is 9.95. The van der Waals surface area contributed by atoms with Gasteiger partial charge in [0.2, 0.25) is 0 Å². The highest BCUT2D eigenvalue weighted by Gasteiger charge is 2.34. The smallest absolute Gasteiger partial charge is 0.260 e. The van der Waals surface area contributed by atoms with Crippen molar-refractivity contribution in [1.29, 1.82) is 0 Å². The number of rotatable bonds is 9. The minimum atomic E-state index is -0.189. The molecule has 52 heavy (non-hydrogen) atoms. The van der Waals surface area contributed by atoms with Crippen LogP contribution in [0.2, 0.25) is 0 Å². The number of benzene rings is 4. The molecule has 4 aliphatic rings. The third kappa shape index (κ3) is 6.21. The van der Waals surface area contributed by atoms with Crippen molar-refractivity contribution in [3.05, 3.63) is 119 Å². The molecule has 10 nitrogen and oxygen atoms in total. The summed E-state index contributed by atoms with van der Waals surface area (Å²) in [5, 5.41) is 0. The first kappa shape index (κ1) is 33.0. The van der Waals surface area contributed by atoms with E-state index in [4.69, 9.17) is 29.9 Å². The number of nitrogen functional groups attached to an aromatic ring is 1. The van der Waals surface area contributed by atoms with E-state index in [1.165, 1.54) is 5.56 Å². The summed E-state index contributed by atoms with van der Waals surface area (Å²) in [5.74, 6) is 1.41. The normalized spacial score (nSPS) is 18.5. The molecule has 0 saturated carbocycles. The fourth-order valence-corrected chi connectivity index (χ4v) is 7.04. The van der Waals surface area contributed by atoms with Crippen molar-refractivity contribution >= 4 is 52.5 Å². The molecule has 4 aromatic carbocycles. The number of anilines is 1. The molecule has 4 heterocycles. The van der Waals surface area contributed by atoms with E-state index in [2.05, 4.69) is 31.2 Å². The predicted molar refractivity (Wildman–Crippen MR) is 203 cm³/mol. The Morgan fingerprint density at radius 2 is 1.21 bits per heavy atom. The summed E-state index contributed by atoms with van der Waals surface area (Å²) in [6.45, 7) is 4.74. The fraction of sp³-hybridized carbons (Fsp3) is 0.238. The van der Waals surface area contributed by atoms with Crippen LogP contribution in [0.4, 0.5) is 17.1 Å². The maximum absolute atomic E-state index is 13.7. The molecule has 0 saturated heterocycles. The number of methoxy groups -OCH3 is 1. The first-order valence-corrected chi connectivity index (χ1v) is 17.5. The van der Waals surface area contributed by atoms with E-state index in [0.29, 0.717) is 71.5 Å². The SMILES string of the molecule is COc1cc2c(cc1OCCCOc1cc3c(cc1C)C(=O)N1C=C(c4ccc(C)cc4)C[C@H]1C=N3)N=C[C@@H]1CC(c3ccc(N)cc3)=CN1C2=O. The van der Waals surface area contributed by atoms with Gasteiger partial charge in [0, 0.05) is 61.9 Å².